The standard InChI is InChI=1S/C25H39N3O7/c1-2-3-4-5-6-7-8-9-14-33-19-10-12-20(13-11-19)34-17-18-15-28(27-26-18)25-24(32)23(31)22(30)21(16-29)35-25/h10-13,15,21-25,29-32H,2-9,14,16-17H2,1H3/t21-,22+,23+,24-,25-/m1/s1. The zero-order chi connectivity index (χ0) is 25.0. The van der Waals surface area contributed by atoms with Crippen LogP contribution < -0.4 is 9.47 Å². The second-order valence-electron chi connectivity index (χ2n) is 8.99. The van der Waals surface area contributed by atoms with Crippen LogP contribution in [0, 0.1) is 0 Å². The lowest BCUT2D eigenvalue weighted by molar-refractivity contribution is -0.254. The lowest BCUT2D eigenvalue weighted by atomic mass is 9.98. The van der Waals surface area contributed by atoms with Crippen molar-refractivity contribution in [2.24, 2.45) is 0 Å². The molecular weight excluding hydrogens is 454 g/mol. The van der Waals surface area contributed by atoms with Crippen molar-refractivity contribution in [1.29, 1.82) is 0 Å². The van der Waals surface area contributed by atoms with Crippen LogP contribution in [0.15, 0.2) is 30.5 Å². The van der Waals surface area contributed by atoms with Crippen molar-refractivity contribution in [1.82, 2.24) is 15.0 Å². The Morgan fingerprint density at radius 1 is 0.857 bits per heavy atom. The Labute approximate surface area is 206 Å². The maximum atomic E-state index is 10.2. The van der Waals surface area contributed by atoms with Gasteiger partial charge in [0.25, 0.3) is 0 Å². The van der Waals surface area contributed by atoms with Gasteiger partial charge < -0.3 is 34.6 Å². The van der Waals surface area contributed by atoms with Gasteiger partial charge in [0.2, 0.25) is 0 Å². The summed E-state index contributed by atoms with van der Waals surface area (Å²) >= 11 is 0. The van der Waals surface area contributed by atoms with E-state index in [0.717, 1.165) is 12.2 Å². The predicted octanol–water partition coefficient (Wildman–Crippen LogP) is 2.35. The molecule has 196 valence electrons. The molecule has 2 aromatic rings. The van der Waals surface area contributed by atoms with E-state index in [2.05, 4.69) is 17.2 Å². The number of nitrogens with zero attached hydrogens (tertiary/aromatic N) is 3. The van der Waals surface area contributed by atoms with E-state index in [9.17, 15) is 20.4 Å². The molecule has 1 aromatic heterocycles. The highest BCUT2D eigenvalue weighted by Crippen LogP contribution is 2.28. The number of benzene rings is 1. The fourth-order valence-corrected chi connectivity index (χ4v) is 4.02. The first-order valence-electron chi connectivity index (χ1n) is 12.6. The molecule has 0 spiro atoms. The first-order chi connectivity index (χ1) is 17.0. The summed E-state index contributed by atoms with van der Waals surface area (Å²) in [6, 6.07) is 7.38. The van der Waals surface area contributed by atoms with Crippen molar-refractivity contribution >= 4 is 0 Å². The molecule has 3 rings (SSSR count). The molecule has 0 radical (unpaired) electrons. The van der Waals surface area contributed by atoms with Gasteiger partial charge in [-0.2, -0.15) is 0 Å². The van der Waals surface area contributed by atoms with Gasteiger partial charge >= 0.3 is 0 Å². The molecule has 0 aliphatic carbocycles. The Morgan fingerprint density at radius 2 is 1.49 bits per heavy atom. The minimum atomic E-state index is -1.48. The molecule has 1 aromatic carbocycles. The lowest BCUT2D eigenvalue weighted by Crippen LogP contribution is -2.56. The Morgan fingerprint density at radius 3 is 2.14 bits per heavy atom. The zero-order valence-corrected chi connectivity index (χ0v) is 20.4. The van der Waals surface area contributed by atoms with Crippen molar-refractivity contribution in [3.63, 3.8) is 0 Å². The summed E-state index contributed by atoms with van der Waals surface area (Å²) in [7, 11) is 0. The molecule has 0 amide bonds. The maximum Gasteiger partial charge on any atom is 0.180 e. The number of rotatable bonds is 15. The second-order valence-corrected chi connectivity index (χ2v) is 8.99. The van der Waals surface area contributed by atoms with E-state index < -0.39 is 37.3 Å². The highest BCUT2D eigenvalue weighted by atomic mass is 16.6. The fourth-order valence-electron chi connectivity index (χ4n) is 4.02. The first kappa shape index (κ1) is 27.3. The molecule has 5 atom stereocenters. The maximum absolute atomic E-state index is 10.2. The van der Waals surface area contributed by atoms with Crippen LogP contribution in [0.4, 0.5) is 0 Å². The molecule has 0 unspecified atom stereocenters. The van der Waals surface area contributed by atoms with Gasteiger partial charge in [-0.05, 0) is 30.7 Å². The highest BCUT2D eigenvalue weighted by molar-refractivity contribution is 5.31. The van der Waals surface area contributed by atoms with E-state index in [0.29, 0.717) is 18.1 Å². The van der Waals surface area contributed by atoms with Crippen molar-refractivity contribution in [3.05, 3.63) is 36.2 Å². The molecule has 1 aliphatic heterocycles. The van der Waals surface area contributed by atoms with Crippen molar-refractivity contribution < 1.29 is 34.6 Å². The Balaban J connectivity index is 1.38. The third-order valence-electron chi connectivity index (χ3n) is 6.16. The molecule has 1 saturated heterocycles. The minimum Gasteiger partial charge on any atom is -0.494 e. The molecule has 2 heterocycles. The van der Waals surface area contributed by atoms with Crippen molar-refractivity contribution in [2.45, 2.75) is 95.5 Å². The van der Waals surface area contributed by atoms with Crippen LogP contribution in [-0.2, 0) is 11.3 Å². The predicted molar refractivity (Wildman–Crippen MR) is 128 cm³/mol. The van der Waals surface area contributed by atoms with E-state index in [1.165, 1.54) is 55.8 Å². The monoisotopic (exact) mass is 493 g/mol. The van der Waals surface area contributed by atoms with Crippen molar-refractivity contribution in [2.75, 3.05) is 13.2 Å². The van der Waals surface area contributed by atoms with Crippen LogP contribution in [-0.4, -0.2) is 73.0 Å². The molecular formula is C25H39N3O7. The summed E-state index contributed by atoms with van der Waals surface area (Å²) in [6.07, 6.45) is 5.19. The summed E-state index contributed by atoms with van der Waals surface area (Å²) < 4.78 is 18.3. The average Bonchev–Trinajstić information content (AvgIpc) is 3.35. The van der Waals surface area contributed by atoms with E-state index in [1.807, 2.05) is 24.3 Å². The van der Waals surface area contributed by atoms with Crippen LogP contribution in [0.1, 0.15) is 70.2 Å². The average molecular weight is 494 g/mol. The molecule has 1 fully saturated rings. The number of aliphatic hydroxyl groups excluding tert-OH is 4. The number of unbranched alkanes of at least 4 members (excludes halogenated alkanes) is 7. The first-order valence-corrected chi connectivity index (χ1v) is 12.6. The third kappa shape index (κ3) is 8.15. The van der Waals surface area contributed by atoms with Crippen LogP contribution in [0.5, 0.6) is 11.5 Å². The van der Waals surface area contributed by atoms with Gasteiger partial charge in [0.15, 0.2) is 6.23 Å². The summed E-state index contributed by atoms with van der Waals surface area (Å²) in [5.41, 5.74) is 0.483. The summed E-state index contributed by atoms with van der Waals surface area (Å²) in [5.74, 6) is 1.45. The number of ether oxygens (including phenoxy) is 3. The lowest BCUT2D eigenvalue weighted by Gasteiger charge is -2.39. The number of hydrogen-bond acceptors (Lipinski definition) is 9. The van der Waals surface area contributed by atoms with Gasteiger partial charge in [-0.3, -0.25) is 0 Å². The normalized spacial score (nSPS) is 24.4. The Kier molecular flexibility index (Phi) is 11.2. The SMILES string of the molecule is CCCCCCCCCCOc1ccc(OCc2cn([C@@H]3O[C@H](CO)[C@H](O)[C@H](O)[C@H]3O)nn2)cc1. The fraction of sp³-hybridized carbons (Fsp3) is 0.680. The topological polar surface area (TPSA) is 139 Å². The van der Waals surface area contributed by atoms with Gasteiger partial charge in [-0.1, -0.05) is 57.1 Å². The van der Waals surface area contributed by atoms with Gasteiger partial charge in [0.05, 0.1) is 19.4 Å². The third-order valence-corrected chi connectivity index (χ3v) is 6.16. The van der Waals surface area contributed by atoms with Crippen LogP contribution in [0.3, 0.4) is 0 Å². The van der Waals surface area contributed by atoms with Crippen LogP contribution >= 0.6 is 0 Å². The second kappa shape index (κ2) is 14.4. The van der Waals surface area contributed by atoms with Crippen molar-refractivity contribution in [3.8, 4) is 11.5 Å². The summed E-state index contributed by atoms with van der Waals surface area (Å²) in [6.45, 7) is 2.57. The highest BCUT2D eigenvalue weighted by Gasteiger charge is 2.44. The summed E-state index contributed by atoms with van der Waals surface area (Å²) in [5, 5.41) is 47.3. The van der Waals surface area contributed by atoms with Crippen LogP contribution in [0.25, 0.3) is 0 Å². The van der Waals surface area contributed by atoms with Gasteiger partial charge in [0, 0.05) is 0 Å². The van der Waals surface area contributed by atoms with Crippen LogP contribution in [0.2, 0.25) is 0 Å². The van der Waals surface area contributed by atoms with Gasteiger partial charge in [0.1, 0.15) is 48.2 Å². The molecule has 1 aliphatic rings. The molecule has 10 nitrogen and oxygen atoms in total. The quantitative estimate of drug-likeness (QED) is 0.275. The van der Waals surface area contributed by atoms with Gasteiger partial charge in [-0.25, -0.2) is 4.68 Å². The molecule has 0 saturated carbocycles. The van der Waals surface area contributed by atoms with E-state index >= 15 is 0 Å². The smallest absolute Gasteiger partial charge is 0.180 e. The molecule has 4 N–H and O–H groups in total. The number of aliphatic hydroxyl groups is 4. The van der Waals surface area contributed by atoms with E-state index in [4.69, 9.17) is 14.2 Å². The van der Waals surface area contributed by atoms with E-state index in [1.54, 1.807) is 0 Å². The zero-order valence-electron chi connectivity index (χ0n) is 20.4. The van der Waals surface area contributed by atoms with E-state index in [-0.39, 0.29) is 6.61 Å². The Bertz CT molecular complexity index is 846. The Hall–Kier alpha value is -2.24. The number of aromatic nitrogens is 3. The molecule has 0 bridgehead atoms. The minimum absolute atomic E-state index is 0.135. The van der Waals surface area contributed by atoms with Gasteiger partial charge in [-0.15, -0.1) is 5.10 Å². The number of hydrogen-bond donors (Lipinski definition) is 4. The molecule has 10 heteroatoms. The summed E-state index contributed by atoms with van der Waals surface area (Å²) in [4.78, 5) is 0. The largest absolute Gasteiger partial charge is 0.494 e. The molecule has 35 heavy (non-hydrogen) atoms.